The summed E-state index contributed by atoms with van der Waals surface area (Å²) in [5.74, 6) is -0.746. The van der Waals surface area contributed by atoms with Crippen molar-refractivity contribution in [3.8, 4) is 22.6 Å². The molecule has 3 aromatic rings. The Morgan fingerprint density at radius 2 is 1.18 bits per heavy atom. The maximum Gasteiger partial charge on any atom is 0.343 e. The van der Waals surface area contributed by atoms with Crippen LogP contribution in [-0.2, 0) is 23.8 Å². The number of benzene rings is 3. The molecule has 0 saturated carbocycles. The number of hydrogen-bond donors (Lipinski definition) is 0. The van der Waals surface area contributed by atoms with Gasteiger partial charge in [0.2, 0.25) is 0 Å². The van der Waals surface area contributed by atoms with E-state index in [4.69, 9.17) is 23.7 Å². The van der Waals surface area contributed by atoms with Gasteiger partial charge in [0.15, 0.2) is 0 Å². The Morgan fingerprint density at radius 3 is 1.82 bits per heavy atom. The highest BCUT2D eigenvalue weighted by molar-refractivity contribution is 5.91. The molecule has 0 N–H and O–H groups in total. The molecule has 0 aromatic heterocycles. The Hall–Kier alpha value is -4.92. The maximum absolute atomic E-state index is 12.6. The van der Waals surface area contributed by atoms with Crippen molar-refractivity contribution in [1.82, 2.24) is 0 Å². The third-order valence-corrected chi connectivity index (χ3v) is 6.56. The second kappa shape index (κ2) is 18.7. The van der Waals surface area contributed by atoms with Crippen molar-refractivity contribution in [3.63, 3.8) is 0 Å². The number of esters is 4. The van der Waals surface area contributed by atoms with Crippen molar-refractivity contribution < 1.29 is 42.9 Å². The number of ether oxygens (including phenoxy) is 5. The number of carbonyl (C=O) groups is 4. The summed E-state index contributed by atoms with van der Waals surface area (Å²) in [6, 6.07) is 20.5. The van der Waals surface area contributed by atoms with Gasteiger partial charge < -0.3 is 23.7 Å². The van der Waals surface area contributed by atoms with Crippen LogP contribution in [0.25, 0.3) is 11.1 Å². The molecule has 238 valence electrons. The standard InChI is InChI=1S/C36H40O9/c1-4-5-6-7-9-33(37)42-24-25-44-35(39)29-12-10-27(11-13-29)28-14-20-32(21-15-28)45-36(40)30-16-18-31(19-17-30)41-22-8-23-43-34(38)26(2)3/h10-21H,2,4-9,22-25H2,1,3H3. The fraction of sp³-hybridized carbons (Fsp3) is 0.333. The molecule has 9 heteroatoms. The van der Waals surface area contributed by atoms with Crippen LogP contribution in [0.5, 0.6) is 11.5 Å². The zero-order valence-corrected chi connectivity index (χ0v) is 25.9. The molecule has 0 bridgehead atoms. The third kappa shape index (κ3) is 12.3. The number of carbonyl (C=O) groups excluding carboxylic acids is 4. The molecular weight excluding hydrogens is 576 g/mol. The van der Waals surface area contributed by atoms with Gasteiger partial charge in [-0.1, -0.05) is 57.0 Å². The highest BCUT2D eigenvalue weighted by atomic mass is 16.6. The molecule has 3 rings (SSSR count). The summed E-state index contributed by atoms with van der Waals surface area (Å²) in [4.78, 5) is 48.0. The van der Waals surface area contributed by atoms with Crippen LogP contribution in [0, 0.1) is 0 Å². The monoisotopic (exact) mass is 616 g/mol. The van der Waals surface area contributed by atoms with Crippen LogP contribution in [0.2, 0.25) is 0 Å². The summed E-state index contributed by atoms with van der Waals surface area (Å²) >= 11 is 0. The Morgan fingerprint density at radius 1 is 0.600 bits per heavy atom. The highest BCUT2D eigenvalue weighted by Gasteiger charge is 2.11. The van der Waals surface area contributed by atoms with Crippen LogP contribution in [0.15, 0.2) is 84.9 Å². The molecule has 0 aliphatic carbocycles. The summed E-state index contributed by atoms with van der Waals surface area (Å²) in [7, 11) is 0. The van der Waals surface area contributed by atoms with Crippen LogP contribution in [-0.4, -0.2) is 50.3 Å². The molecular formula is C36H40O9. The van der Waals surface area contributed by atoms with E-state index in [1.54, 1.807) is 67.6 Å². The molecule has 0 atom stereocenters. The quantitative estimate of drug-likeness (QED) is 0.0484. The Labute approximate surface area is 264 Å². The predicted molar refractivity (Wildman–Crippen MR) is 169 cm³/mol. The first-order chi connectivity index (χ1) is 21.8. The van der Waals surface area contributed by atoms with Crippen LogP contribution >= 0.6 is 0 Å². The van der Waals surface area contributed by atoms with E-state index < -0.39 is 17.9 Å². The lowest BCUT2D eigenvalue weighted by atomic mass is 10.0. The van der Waals surface area contributed by atoms with E-state index in [0.717, 1.165) is 36.8 Å². The fourth-order valence-electron chi connectivity index (χ4n) is 4.05. The molecule has 0 saturated heterocycles. The first kappa shape index (κ1) is 34.6. The largest absolute Gasteiger partial charge is 0.493 e. The van der Waals surface area contributed by atoms with Crippen molar-refractivity contribution in [1.29, 1.82) is 0 Å². The van der Waals surface area contributed by atoms with Gasteiger partial charge in [-0.05, 0) is 73.0 Å². The van der Waals surface area contributed by atoms with Crippen molar-refractivity contribution in [2.75, 3.05) is 26.4 Å². The molecule has 0 unspecified atom stereocenters. The number of unbranched alkanes of at least 4 members (excludes halogenated alkanes) is 3. The van der Waals surface area contributed by atoms with Gasteiger partial charge in [-0.15, -0.1) is 0 Å². The van der Waals surface area contributed by atoms with Gasteiger partial charge >= 0.3 is 23.9 Å². The average molecular weight is 617 g/mol. The summed E-state index contributed by atoms with van der Waals surface area (Å²) in [5, 5.41) is 0. The maximum atomic E-state index is 12.6. The van der Waals surface area contributed by atoms with E-state index in [0.29, 0.717) is 47.6 Å². The summed E-state index contributed by atoms with van der Waals surface area (Å²) in [6.07, 6.45) is 4.91. The average Bonchev–Trinajstić information content (AvgIpc) is 3.05. The normalized spacial score (nSPS) is 10.4. The van der Waals surface area contributed by atoms with E-state index in [1.165, 1.54) is 0 Å². The minimum absolute atomic E-state index is 0.00420. The third-order valence-electron chi connectivity index (χ3n) is 6.56. The number of rotatable bonds is 18. The van der Waals surface area contributed by atoms with Gasteiger partial charge in [0, 0.05) is 18.4 Å². The van der Waals surface area contributed by atoms with Crippen molar-refractivity contribution in [2.24, 2.45) is 0 Å². The summed E-state index contributed by atoms with van der Waals surface area (Å²) in [6.45, 7) is 7.84. The molecule has 0 aliphatic rings. The summed E-state index contributed by atoms with van der Waals surface area (Å²) < 4.78 is 26.5. The predicted octanol–water partition coefficient (Wildman–Crippen LogP) is 7.13. The molecule has 0 amide bonds. The lowest BCUT2D eigenvalue weighted by molar-refractivity contribution is -0.145. The van der Waals surface area contributed by atoms with Gasteiger partial charge in [-0.25, -0.2) is 14.4 Å². The SMILES string of the molecule is C=C(C)C(=O)OCCCOc1ccc(C(=O)Oc2ccc(-c3ccc(C(=O)OCCOC(=O)CCCCCC)cc3)cc2)cc1. The first-order valence-corrected chi connectivity index (χ1v) is 15.1. The smallest absolute Gasteiger partial charge is 0.343 e. The van der Waals surface area contributed by atoms with E-state index in [2.05, 4.69) is 13.5 Å². The Kier molecular flexibility index (Phi) is 14.3. The minimum Gasteiger partial charge on any atom is -0.493 e. The van der Waals surface area contributed by atoms with E-state index >= 15 is 0 Å². The molecule has 0 fully saturated rings. The molecule has 0 radical (unpaired) electrons. The Bertz CT molecular complexity index is 1410. The van der Waals surface area contributed by atoms with Gasteiger partial charge in [-0.3, -0.25) is 4.79 Å². The lowest BCUT2D eigenvalue weighted by Gasteiger charge is -2.09. The molecule has 0 heterocycles. The van der Waals surface area contributed by atoms with Crippen molar-refractivity contribution in [3.05, 3.63) is 96.1 Å². The van der Waals surface area contributed by atoms with E-state index in [9.17, 15) is 19.2 Å². The first-order valence-electron chi connectivity index (χ1n) is 15.1. The fourth-order valence-corrected chi connectivity index (χ4v) is 4.05. The van der Waals surface area contributed by atoms with Crippen LogP contribution < -0.4 is 9.47 Å². The van der Waals surface area contributed by atoms with Gasteiger partial charge in [-0.2, -0.15) is 0 Å². The van der Waals surface area contributed by atoms with Crippen LogP contribution in [0.1, 0.15) is 73.1 Å². The minimum atomic E-state index is -0.509. The van der Waals surface area contributed by atoms with E-state index in [-0.39, 0.29) is 25.8 Å². The zero-order chi connectivity index (χ0) is 32.4. The Balaban J connectivity index is 1.40. The molecule has 45 heavy (non-hydrogen) atoms. The molecule has 9 nitrogen and oxygen atoms in total. The van der Waals surface area contributed by atoms with Gasteiger partial charge in [0.25, 0.3) is 0 Å². The van der Waals surface area contributed by atoms with Gasteiger partial charge in [0.05, 0.1) is 24.3 Å². The topological polar surface area (TPSA) is 114 Å². The molecule has 0 spiro atoms. The molecule has 3 aromatic carbocycles. The zero-order valence-electron chi connectivity index (χ0n) is 25.9. The second-order valence-corrected chi connectivity index (χ2v) is 10.3. The van der Waals surface area contributed by atoms with E-state index in [1.807, 2.05) is 12.1 Å². The van der Waals surface area contributed by atoms with Crippen molar-refractivity contribution >= 4 is 23.9 Å². The summed E-state index contributed by atoms with van der Waals surface area (Å²) in [5.41, 5.74) is 2.84. The number of hydrogen-bond acceptors (Lipinski definition) is 9. The highest BCUT2D eigenvalue weighted by Crippen LogP contribution is 2.24. The second-order valence-electron chi connectivity index (χ2n) is 10.3. The molecule has 0 aliphatic heterocycles. The van der Waals surface area contributed by atoms with Crippen molar-refractivity contribution in [2.45, 2.75) is 52.4 Å². The van der Waals surface area contributed by atoms with Gasteiger partial charge in [0.1, 0.15) is 24.7 Å². The van der Waals surface area contributed by atoms with Crippen LogP contribution in [0.3, 0.4) is 0 Å². The van der Waals surface area contributed by atoms with Crippen LogP contribution in [0.4, 0.5) is 0 Å². The lowest BCUT2D eigenvalue weighted by Crippen LogP contribution is -2.14.